The maximum absolute atomic E-state index is 12.9. The van der Waals surface area contributed by atoms with Crippen LogP contribution in [0.2, 0.25) is 0 Å². The molecular formula is C24H28N4O3. The van der Waals surface area contributed by atoms with Crippen LogP contribution in [0.25, 0.3) is 0 Å². The standard InChI is InChI=1S/C24H28N4O3/c1-17-6-10-21(11-7-17)28-18(2)23(30)27(24(28)31)16-22(29)25-19-8-12-20(13-9-19)26-14-4-3-5-15-26/h6-13,18H,3-5,14-16H2,1-2H3,(H,25,29)/t18-/m1/s1. The molecule has 31 heavy (non-hydrogen) atoms. The highest BCUT2D eigenvalue weighted by molar-refractivity contribution is 6.16. The fourth-order valence-corrected chi connectivity index (χ4v) is 4.16. The summed E-state index contributed by atoms with van der Waals surface area (Å²) in [6.45, 7) is 5.44. The van der Waals surface area contributed by atoms with E-state index < -0.39 is 18.0 Å². The number of piperidine rings is 1. The summed E-state index contributed by atoms with van der Waals surface area (Å²) in [5.74, 6) is -0.772. The maximum atomic E-state index is 12.9. The van der Waals surface area contributed by atoms with Gasteiger partial charge in [-0.15, -0.1) is 0 Å². The first-order valence-corrected chi connectivity index (χ1v) is 10.8. The van der Waals surface area contributed by atoms with Gasteiger partial charge in [0.15, 0.2) is 0 Å². The highest BCUT2D eigenvalue weighted by Gasteiger charge is 2.44. The number of nitrogens with one attached hydrogen (secondary N) is 1. The molecule has 7 heteroatoms. The van der Waals surface area contributed by atoms with Gasteiger partial charge in [0, 0.05) is 30.2 Å². The molecule has 1 N–H and O–H groups in total. The predicted octanol–water partition coefficient (Wildman–Crippen LogP) is 3.78. The van der Waals surface area contributed by atoms with Crippen molar-refractivity contribution in [2.24, 2.45) is 0 Å². The van der Waals surface area contributed by atoms with E-state index in [-0.39, 0.29) is 12.5 Å². The van der Waals surface area contributed by atoms with E-state index in [0.717, 1.165) is 29.2 Å². The fraction of sp³-hybridized carbons (Fsp3) is 0.375. The molecule has 1 atom stereocenters. The minimum atomic E-state index is -0.646. The molecule has 0 aliphatic carbocycles. The minimum Gasteiger partial charge on any atom is -0.372 e. The Labute approximate surface area is 182 Å². The van der Waals surface area contributed by atoms with Gasteiger partial charge in [0.05, 0.1) is 0 Å². The number of anilines is 3. The summed E-state index contributed by atoms with van der Waals surface area (Å²) in [4.78, 5) is 42.9. The number of carbonyl (C=O) groups excluding carboxylic acids is 3. The van der Waals surface area contributed by atoms with E-state index in [9.17, 15) is 14.4 Å². The molecule has 7 nitrogen and oxygen atoms in total. The van der Waals surface area contributed by atoms with Gasteiger partial charge < -0.3 is 10.2 Å². The van der Waals surface area contributed by atoms with Gasteiger partial charge in [-0.25, -0.2) is 4.79 Å². The number of amides is 4. The third kappa shape index (κ3) is 4.40. The van der Waals surface area contributed by atoms with Crippen molar-refractivity contribution in [2.45, 2.75) is 39.2 Å². The zero-order chi connectivity index (χ0) is 22.0. The summed E-state index contributed by atoms with van der Waals surface area (Å²) < 4.78 is 0. The maximum Gasteiger partial charge on any atom is 0.332 e. The lowest BCUT2D eigenvalue weighted by Crippen LogP contribution is -2.39. The van der Waals surface area contributed by atoms with Crippen molar-refractivity contribution in [3.05, 3.63) is 54.1 Å². The van der Waals surface area contributed by atoms with Crippen molar-refractivity contribution < 1.29 is 14.4 Å². The molecule has 4 rings (SSSR count). The number of imide groups is 1. The lowest BCUT2D eigenvalue weighted by atomic mass is 10.1. The Bertz CT molecular complexity index is 965. The number of benzene rings is 2. The van der Waals surface area contributed by atoms with Crippen molar-refractivity contribution in [3.8, 4) is 0 Å². The van der Waals surface area contributed by atoms with E-state index in [1.165, 1.54) is 24.2 Å². The molecule has 0 unspecified atom stereocenters. The van der Waals surface area contributed by atoms with Gasteiger partial charge in [-0.05, 0) is 69.5 Å². The second-order valence-corrected chi connectivity index (χ2v) is 8.23. The Morgan fingerprint density at radius 2 is 1.55 bits per heavy atom. The minimum absolute atomic E-state index is 0.307. The third-order valence-electron chi connectivity index (χ3n) is 5.93. The molecule has 2 heterocycles. The molecule has 2 aromatic carbocycles. The van der Waals surface area contributed by atoms with Crippen LogP contribution < -0.4 is 15.1 Å². The number of rotatable bonds is 5. The van der Waals surface area contributed by atoms with Gasteiger partial charge in [-0.1, -0.05) is 17.7 Å². The normalized spacial score (nSPS) is 19.2. The van der Waals surface area contributed by atoms with Crippen molar-refractivity contribution in [1.29, 1.82) is 0 Å². The number of nitrogens with zero attached hydrogens (tertiary/aromatic N) is 3. The van der Waals surface area contributed by atoms with E-state index in [1.54, 1.807) is 6.92 Å². The van der Waals surface area contributed by atoms with Crippen LogP contribution in [0.4, 0.5) is 21.9 Å². The van der Waals surface area contributed by atoms with E-state index >= 15 is 0 Å². The first-order valence-electron chi connectivity index (χ1n) is 10.8. The summed E-state index contributed by atoms with van der Waals surface area (Å²) >= 11 is 0. The van der Waals surface area contributed by atoms with Crippen molar-refractivity contribution >= 4 is 34.9 Å². The highest BCUT2D eigenvalue weighted by Crippen LogP contribution is 2.26. The van der Waals surface area contributed by atoms with Crippen molar-refractivity contribution in [1.82, 2.24) is 4.90 Å². The zero-order valence-electron chi connectivity index (χ0n) is 18.0. The van der Waals surface area contributed by atoms with E-state index in [2.05, 4.69) is 10.2 Å². The number of hydrogen-bond acceptors (Lipinski definition) is 4. The number of carbonyl (C=O) groups is 3. The summed E-state index contributed by atoms with van der Waals surface area (Å²) in [7, 11) is 0. The zero-order valence-corrected chi connectivity index (χ0v) is 18.0. The van der Waals surface area contributed by atoms with Gasteiger partial charge in [0.1, 0.15) is 12.6 Å². The smallest absolute Gasteiger partial charge is 0.332 e. The summed E-state index contributed by atoms with van der Waals surface area (Å²) in [5, 5.41) is 2.79. The number of hydrogen-bond donors (Lipinski definition) is 1. The quantitative estimate of drug-likeness (QED) is 0.747. The third-order valence-corrected chi connectivity index (χ3v) is 5.93. The largest absolute Gasteiger partial charge is 0.372 e. The Morgan fingerprint density at radius 3 is 2.19 bits per heavy atom. The summed E-state index contributed by atoms with van der Waals surface area (Å²) in [6, 6.07) is 14.0. The molecule has 4 amide bonds. The molecule has 162 valence electrons. The molecule has 0 bridgehead atoms. The monoisotopic (exact) mass is 420 g/mol. The topological polar surface area (TPSA) is 73.0 Å². The van der Waals surface area contributed by atoms with Gasteiger partial charge in [-0.2, -0.15) is 0 Å². The van der Waals surface area contributed by atoms with Crippen molar-refractivity contribution in [2.75, 3.05) is 34.8 Å². The molecule has 2 aliphatic rings. The Morgan fingerprint density at radius 1 is 0.935 bits per heavy atom. The molecule has 2 fully saturated rings. The Hall–Kier alpha value is -3.35. The van der Waals surface area contributed by atoms with Crippen LogP contribution in [0.3, 0.4) is 0 Å². The van der Waals surface area contributed by atoms with Gasteiger partial charge >= 0.3 is 6.03 Å². The molecule has 0 aromatic heterocycles. The van der Waals surface area contributed by atoms with Crippen LogP contribution in [0.15, 0.2) is 48.5 Å². The van der Waals surface area contributed by atoms with Crippen LogP contribution in [0.5, 0.6) is 0 Å². The van der Waals surface area contributed by atoms with E-state index in [1.807, 2.05) is 55.5 Å². The second-order valence-electron chi connectivity index (χ2n) is 8.23. The van der Waals surface area contributed by atoms with Crippen LogP contribution in [-0.2, 0) is 9.59 Å². The second kappa shape index (κ2) is 8.79. The Kier molecular flexibility index (Phi) is 5.93. The molecule has 0 radical (unpaired) electrons. The number of aryl methyl sites for hydroxylation is 1. The van der Waals surface area contributed by atoms with Crippen LogP contribution in [0, 0.1) is 6.92 Å². The molecule has 0 spiro atoms. The Balaban J connectivity index is 1.39. The average molecular weight is 421 g/mol. The lowest BCUT2D eigenvalue weighted by molar-refractivity contribution is -0.130. The van der Waals surface area contributed by atoms with Gasteiger partial charge in [-0.3, -0.25) is 19.4 Å². The van der Waals surface area contributed by atoms with Crippen LogP contribution in [-0.4, -0.2) is 48.4 Å². The molecule has 0 saturated carbocycles. The molecule has 2 saturated heterocycles. The molecule has 2 aromatic rings. The lowest BCUT2D eigenvalue weighted by Gasteiger charge is -2.28. The van der Waals surface area contributed by atoms with Gasteiger partial charge in [0.2, 0.25) is 5.91 Å². The fourth-order valence-electron chi connectivity index (χ4n) is 4.16. The summed E-state index contributed by atoms with van der Waals surface area (Å²) in [5.41, 5.74) is 3.50. The predicted molar refractivity (Wildman–Crippen MR) is 121 cm³/mol. The van der Waals surface area contributed by atoms with Crippen LogP contribution >= 0.6 is 0 Å². The van der Waals surface area contributed by atoms with Crippen molar-refractivity contribution in [3.63, 3.8) is 0 Å². The van der Waals surface area contributed by atoms with Gasteiger partial charge in [0.25, 0.3) is 5.91 Å². The first kappa shape index (κ1) is 20.9. The summed E-state index contributed by atoms with van der Waals surface area (Å²) in [6.07, 6.45) is 3.68. The average Bonchev–Trinajstić information content (AvgIpc) is 2.99. The number of urea groups is 1. The first-order chi connectivity index (χ1) is 14.9. The SMILES string of the molecule is Cc1ccc(N2C(=O)N(CC(=O)Nc3ccc(N4CCCCC4)cc3)C(=O)[C@H]2C)cc1. The highest BCUT2D eigenvalue weighted by atomic mass is 16.2. The van der Waals surface area contributed by atoms with Crippen LogP contribution in [0.1, 0.15) is 31.7 Å². The van der Waals surface area contributed by atoms with E-state index in [0.29, 0.717) is 11.4 Å². The molecule has 2 aliphatic heterocycles. The molecular weight excluding hydrogens is 392 g/mol. The van der Waals surface area contributed by atoms with E-state index in [4.69, 9.17) is 0 Å².